The molecule has 0 atom stereocenters. The van der Waals surface area contributed by atoms with Gasteiger partial charge in [-0.25, -0.2) is 0 Å². The zero-order valence-electron chi connectivity index (χ0n) is 42.5. The van der Waals surface area contributed by atoms with Crippen molar-refractivity contribution in [2.75, 3.05) is 14.7 Å². The van der Waals surface area contributed by atoms with Crippen LogP contribution in [0.4, 0.5) is 50.5 Å². The number of aryl methyl sites for hydroxylation is 2. The van der Waals surface area contributed by atoms with Crippen molar-refractivity contribution in [3.63, 3.8) is 0 Å². The minimum atomic E-state index is -0.00158. The van der Waals surface area contributed by atoms with Crippen LogP contribution in [0.2, 0.25) is 0 Å². The third-order valence-electron chi connectivity index (χ3n) is 15.1. The van der Waals surface area contributed by atoms with Gasteiger partial charge in [0.1, 0.15) is 0 Å². The van der Waals surface area contributed by atoms with E-state index in [2.05, 4.69) is 244 Å². The predicted molar refractivity (Wildman–Crippen MR) is 297 cm³/mol. The summed E-state index contributed by atoms with van der Waals surface area (Å²) in [7, 11) is 0. The molecule has 0 saturated carbocycles. The Bertz CT molecular complexity index is 3220. The van der Waals surface area contributed by atoms with Crippen LogP contribution in [0, 0.1) is 19.3 Å². The van der Waals surface area contributed by atoms with Crippen LogP contribution in [-0.4, -0.2) is 6.71 Å². The van der Waals surface area contributed by atoms with Crippen molar-refractivity contribution >= 4 is 95.0 Å². The fourth-order valence-corrected chi connectivity index (χ4v) is 12.9. The lowest BCUT2D eigenvalue weighted by atomic mass is 9.33. The summed E-state index contributed by atoms with van der Waals surface area (Å²) < 4.78 is 1.33. The molecule has 1 aromatic heterocycles. The molecule has 2 aliphatic heterocycles. The average molecular weight is 908 g/mol. The van der Waals surface area contributed by atoms with E-state index in [9.17, 15) is 0 Å². The van der Waals surface area contributed by atoms with Crippen molar-refractivity contribution < 1.29 is 0 Å². The normalized spacial score (nSPS) is 15.0. The van der Waals surface area contributed by atoms with E-state index in [0.717, 1.165) is 29.9 Å². The summed E-state index contributed by atoms with van der Waals surface area (Å²) in [5, 5.41) is 2.68. The van der Waals surface area contributed by atoms with E-state index in [0.29, 0.717) is 0 Å². The first-order valence-electron chi connectivity index (χ1n) is 24.8. The van der Waals surface area contributed by atoms with Gasteiger partial charge in [0.05, 0.1) is 16.4 Å². The fraction of sp³-hybridized carbons (Fsp3) is 0.302. The molecule has 68 heavy (non-hydrogen) atoms. The lowest BCUT2D eigenvalue weighted by molar-refractivity contribution is 0.392. The third kappa shape index (κ3) is 7.30. The van der Waals surface area contributed by atoms with Gasteiger partial charge < -0.3 is 14.7 Å². The van der Waals surface area contributed by atoms with E-state index >= 15 is 0 Å². The summed E-state index contributed by atoms with van der Waals surface area (Å²) in [6, 6.07) is 53.9. The molecule has 342 valence electrons. The first-order chi connectivity index (χ1) is 32.2. The Labute approximate surface area is 410 Å². The van der Waals surface area contributed by atoms with Crippen LogP contribution in [0.15, 0.2) is 140 Å². The standard InChI is InChI=1S/C63H66BN3S/c1-39-30-45(62(9,10)11)31-40(2)58(39)67-52-33-42-38-63(12,13)37-41(42)32-51(52)64-56-50-34-44(61(6,7)8)26-29-55(50)68-59(56)66(48-27-24-43(25-28-48)60(3,4)5)53-35-49(36-54(67)57(53)64)65(46-20-16-14-17-21-46)47-22-18-15-19-23-47/h14-36H,37-38H2,1-13H3. The largest absolute Gasteiger partial charge is 0.311 e. The number of fused-ring (bicyclic) bond motifs is 7. The predicted octanol–water partition coefficient (Wildman–Crippen LogP) is 16.1. The highest BCUT2D eigenvalue weighted by molar-refractivity contribution is 7.26. The Balaban J connectivity index is 1.31. The molecule has 3 heterocycles. The molecule has 8 aromatic rings. The Kier molecular flexibility index (Phi) is 10.1. The molecule has 0 N–H and O–H groups in total. The smallest absolute Gasteiger partial charge is 0.254 e. The molecule has 11 rings (SSSR count). The van der Waals surface area contributed by atoms with Crippen molar-refractivity contribution in [3.05, 3.63) is 178 Å². The topological polar surface area (TPSA) is 9.72 Å². The molecule has 0 amide bonds. The molecule has 0 saturated heterocycles. The Hall–Kier alpha value is -6.04. The lowest BCUT2D eigenvalue weighted by Crippen LogP contribution is -2.61. The van der Waals surface area contributed by atoms with E-state index in [1.54, 1.807) is 0 Å². The Morgan fingerprint density at radius 1 is 0.515 bits per heavy atom. The third-order valence-corrected chi connectivity index (χ3v) is 16.2. The van der Waals surface area contributed by atoms with Crippen molar-refractivity contribution in [2.45, 2.75) is 119 Å². The Morgan fingerprint density at radius 3 is 1.60 bits per heavy atom. The number of rotatable bonds is 5. The van der Waals surface area contributed by atoms with Crippen LogP contribution in [0.3, 0.4) is 0 Å². The second kappa shape index (κ2) is 15.5. The molecule has 3 aliphatic rings. The molecule has 7 aromatic carbocycles. The molecule has 5 heteroatoms. The summed E-state index contributed by atoms with van der Waals surface area (Å²) in [5.74, 6) is 0. The molecular formula is C63H66BN3S. The number of hydrogen-bond acceptors (Lipinski definition) is 4. The van der Waals surface area contributed by atoms with Gasteiger partial charge in [0.15, 0.2) is 0 Å². The number of anilines is 9. The summed E-state index contributed by atoms with van der Waals surface area (Å²) in [6.07, 6.45) is 2.16. The highest BCUT2D eigenvalue weighted by Gasteiger charge is 2.47. The molecule has 0 spiro atoms. The molecule has 3 nitrogen and oxygen atoms in total. The van der Waals surface area contributed by atoms with E-state index in [-0.39, 0.29) is 28.4 Å². The minimum Gasteiger partial charge on any atom is -0.311 e. The molecule has 0 radical (unpaired) electrons. The average Bonchev–Trinajstić information content (AvgIpc) is 3.81. The fourth-order valence-electron chi connectivity index (χ4n) is 11.6. The number of nitrogens with zero attached hydrogens (tertiary/aromatic N) is 3. The van der Waals surface area contributed by atoms with Crippen molar-refractivity contribution in [1.29, 1.82) is 0 Å². The zero-order chi connectivity index (χ0) is 47.8. The highest BCUT2D eigenvalue weighted by atomic mass is 32.1. The first kappa shape index (κ1) is 44.5. The second-order valence-electron chi connectivity index (χ2n) is 24.0. The summed E-state index contributed by atoms with van der Waals surface area (Å²) in [5.41, 5.74) is 23.7. The van der Waals surface area contributed by atoms with Gasteiger partial charge in [-0.2, -0.15) is 0 Å². The molecule has 0 bridgehead atoms. The zero-order valence-corrected chi connectivity index (χ0v) is 43.3. The first-order valence-corrected chi connectivity index (χ1v) is 25.6. The van der Waals surface area contributed by atoms with Crippen LogP contribution in [0.25, 0.3) is 10.1 Å². The number of benzene rings is 7. The van der Waals surface area contributed by atoms with Crippen molar-refractivity contribution in [1.82, 2.24) is 0 Å². The van der Waals surface area contributed by atoms with Crippen molar-refractivity contribution in [2.24, 2.45) is 5.41 Å². The quantitative estimate of drug-likeness (QED) is 0.159. The molecule has 0 fully saturated rings. The van der Waals surface area contributed by atoms with Crippen LogP contribution < -0.4 is 31.1 Å². The van der Waals surface area contributed by atoms with E-state index in [1.807, 2.05) is 11.3 Å². The van der Waals surface area contributed by atoms with E-state index in [1.165, 1.54) is 98.9 Å². The summed E-state index contributed by atoms with van der Waals surface area (Å²) in [6.45, 7) is 30.6. The van der Waals surface area contributed by atoms with E-state index < -0.39 is 0 Å². The van der Waals surface area contributed by atoms with Gasteiger partial charge >= 0.3 is 0 Å². The number of thiophene rings is 1. The Morgan fingerprint density at radius 2 is 1.04 bits per heavy atom. The van der Waals surface area contributed by atoms with Gasteiger partial charge in [-0.05, 0) is 170 Å². The van der Waals surface area contributed by atoms with Crippen LogP contribution in [0.1, 0.15) is 115 Å². The molecule has 1 aliphatic carbocycles. The maximum absolute atomic E-state index is 2.70. The second-order valence-corrected chi connectivity index (χ2v) is 25.0. The molecular weight excluding hydrogens is 842 g/mol. The molecule has 0 unspecified atom stereocenters. The monoisotopic (exact) mass is 908 g/mol. The van der Waals surface area contributed by atoms with E-state index in [4.69, 9.17) is 0 Å². The van der Waals surface area contributed by atoms with Gasteiger partial charge in [-0.1, -0.05) is 155 Å². The maximum atomic E-state index is 2.70. The van der Waals surface area contributed by atoms with Crippen molar-refractivity contribution in [3.8, 4) is 0 Å². The SMILES string of the molecule is Cc1cc(C(C)(C)C)cc(C)c1N1c2cc3c(cc2B2c4c(cc(N(c5ccccc5)c5ccccc5)cc41)N(c1ccc(C(C)(C)C)cc1)c1sc4ccc(C(C)(C)C)cc4c12)CC(C)(C)C3. The number of para-hydroxylation sites is 2. The number of hydrogen-bond donors (Lipinski definition) is 0. The van der Waals surface area contributed by atoms with Gasteiger partial charge in [-0.3, -0.25) is 0 Å². The minimum absolute atomic E-state index is 0.00158. The van der Waals surface area contributed by atoms with Crippen LogP contribution in [-0.2, 0) is 29.1 Å². The summed E-state index contributed by atoms with van der Waals surface area (Å²) in [4.78, 5) is 7.80. The van der Waals surface area contributed by atoms with Crippen LogP contribution >= 0.6 is 11.3 Å². The highest BCUT2D eigenvalue weighted by Crippen LogP contribution is 2.53. The maximum Gasteiger partial charge on any atom is 0.254 e. The lowest BCUT2D eigenvalue weighted by Gasteiger charge is -2.45. The van der Waals surface area contributed by atoms with Gasteiger partial charge in [0.2, 0.25) is 0 Å². The summed E-state index contributed by atoms with van der Waals surface area (Å²) >= 11 is 1.96. The van der Waals surface area contributed by atoms with Gasteiger partial charge in [0.25, 0.3) is 6.71 Å². The van der Waals surface area contributed by atoms with Gasteiger partial charge in [-0.15, -0.1) is 11.3 Å². The van der Waals surface area contributed by atoms with Gasteiger partial charge in [0, 0.05) is 38.8 Å². The van der Waals surface area contributed by atoms with Crippen LogP contribution in [0.5, 0.6) is 0 Å².